The van der Waals surface area contributed by atoms with Crippen LogP contribution in [0.4, 0.5) is 0 Å². The van der Waals surface area contributed by atoms with Crippen molar-refractivity contribution in [3.8, 4) is 0 Å². The zero-order chi connectivity index (χ0) is 20.9. The van der Waals surface area contributed by atoms with Gasteiger partial charge in [-0.3, -0.25) is 14.7 Å². The standard InChI is InChI=1S/C25H34N4O/c1-20-18-23(21(2)29(20)24-6-4-3-5-7-24)8-9-25(30)28-16-14-27(15-17-28)19-22-10-12-26-13-11-22/h8-13,18,24H,3-7,14-17,19H2,1-2H3/b9-8+. The van der Waals surface area contributed by atoms with Crippen LogP contribution in [0, 0.1) is 13.8 Å². The van der Waals surface area contributed by atoms with E-state index in [4.69, 9.17) is 0 Å². The third-order valence-electron chi connectivity index (χ3n) is 6.71. The van der Waals surface area contributed by atoms with Crippen molar-refractivity contribution in [3.05, 3.63) is 59.2 Å². The molecule has 1 saturated heterocycles. The smallest absolute Gasteiger partial charge is 0.246 e. The normalized spacial score (nSPS) is 18.9. The van der Waals surface area contributed by atoms with E-state index in [0.717, 1.165) is 32.7 Å². The number of aryl methyl sites for hydroxylation is 1. The first-order valence-electron chi connectivity index (χ1n) is 11.4. The third kappa shape index (κ3) is 4.84. The van der Waals surface area contributed by atoms with Gasteiger partial charge in [-0.05, 0) is 62.1 Å². The second-order valence-electron chi connectivity index (χ2n) is 8.78. The fraction of sp³-hybridized carbons (Fsp3) is 0.520. The molecule has 2 aromatic heterocycles. The molecule has 2 aromatic rings. The maximum atomic E-state index is 12.7. The minimum atomic E-state index is 0.126. The molecule has 0 spiro atoms. The van der Waals surface area contributed by atoms with E-state index in [0.29, 0.717) is 6.04 Å². The zero-order valence-corrected chi connectivity index (χ0v) is 18.4. The molecule has 1 amide bonds. The monoisotopic (exact) mass is 406 g/mol. The van der Waals surface area contributed by atoms with Crippen LogP contribution in [0.1, 0.15) is 60.7 Å². The number of rotatable bonds is 5. The number of nitrogens with zero attached hydrogens (tertiary/aromatic N) is 4. The molecule has 2 aliphatic rings. The number of hydrogen-bond donors (Lipinski definition) is 0. The van der Waals surface area contributed by atoms with Crippen LogP contribution in [0.2, 0.25) is 0 Å². The maximum absolute atomic E-state index is 12.7. The van der Waals surface area contributed by atoms with Gasteiger partial charge in [-0.25, -0.2) is 0 Å². The Kier molecular flexibility index (Phi) is 6.68. The Morgan fingerprint density at radius 3 is 2.47 bits per heavy atom. The Morgan fingerprint density at radius 1 is 1.07 bits per heavy atom. The summed E-state index contributed by atoms with van der Waals surface area (Å²) in [5.41, 5.74) is 5.07. The number of pyridine rings is 1. The minimum Gasteiger partial charge on any atom is -0.346 e. The van der Waals surface area contributed by atoms with Gasteiger partial charge in [-0.1, -0.05) is 19.3 Å². The van der Waals surface area contributed by atoms with Crippen molar-refractivity contribution < 1.29 is 4.79 Å². The highest BCUT2D eigenvalue weighted by Crippen LogP contribution is 2.32. The summed E-state index contributed by atoms with van der Waals surface area (Å²) < 4.78 is 2.50. The minimum absolute atomic E-state index is 0.126. The number of hydrogen-bond acceptors (Lipinski definition) is 3. The van der Waals surface area contributed by atoms with Gasteiger partial charge < -0.3 is 9.47 Å². The van der Waals surface area contributed by atoms with Gasteiger partial charge in [0.1, 0.15) is 0 Å². The molecule has 1 saturated carbocycles. The van der Waals surface area contributed by atoms with E-state index < -0.39 is 0 Å². The highest BCUT2D eigenvalue weighted by atomic mass is 16.2. The van der Waals surface area contributed by atoms with E-state index in [9.17, 15) is 4.79 Å². The molecule has 1 aliphatic heterocycles. The van der Waals surface area contributed by atoms with Crippen molar-refractivity contribution in [3.63, 3.8) is 0 Å². The van der Waals surface area contributed by atoms with Gasteiger partial charge >= 0.3 is 0 Å². The Labute approximate surface area is 180 Å². The summed E-state index contributed by atoms with van der Waals surface area (Å²) in [5, 5.41) is 0. The van der Waals surface area contributed by atoms with Crippen LogP contribution in [0.15, 0.2) is 36.7 Å². The van der Waals surface area contributed by atoms with E-state index in [1.807, 2.05) is 23.4 Å². The lowest BCUT2D eigenvalue weighted by Crippen LogP contribution is -2.47. The predicted octanol–water partition coefficient (Wildman–Crippen LogP) is 4.36. The lowest BCUT2D eigenvalue weighted by molar-refractivity contribution is -0.127. The Morgan fingerprint density at radius 2 is 1.77 bits per heavy atom. The molecule has 0 bridgehead atoms. The van der Waals surface area contributed by atoms with E-state index >= 15 is 0 Å². The second kappa shape index (κ2) is 9.61. The van der Waals surface area contributed by atoms with Crippen molar-refractivity contribution in [2.45, 2.75) is 58.5 Å². The number of aromatic nitrogens is 2. The second-order valence-corrected chi connectivity index (χ2v) is 8.78. The van der Waals surface area contributed by atoms with Gasteiger partial charge in [0.25, 0.3) is 0 Å². The van der Waals surface area contributed by atoms with Crippen LogP contribution >= 0.6 is 0 Å². The summed E-state index contributed by atoms with van der Waals surface area (Å²) in [4.78, 5) is 21.2. The van der Waals surface area contributed by atoms with Crippen LogP contribution in [0.3, 0.4) is 0 Å². The number of carbonyl (C=O) groups is 1. The number of piperazine rings is 1. The van der Waals surface area contributed by atoms with Crippen molar-refractivity contribution in [2.75, 3.05) is 26.2 Å². The van der Waals surface area contributed by atoms with Crippen molar-refractivity contribution in [1.82, 2.24) is 19.4 Å². The zero-order valence-electron chi connectivity index (χ0n) is 18.4. The summed E-state index contributed by atoms with van der Waals surface area (Å²) >= 11 is 0. The summed E-state index contributed by atoms with van der Waals surface area (Å²) in [6.07, 6.45) is 14.1. The highest BCUT2D eigenvalue weighted by molar-refractivity contribution is 5.92. The maximum Gasteiger partial charge on any atom is 0.246 e. The first kappa shape index (κ1) is 20.9. The highest BCUT2D eigenvalue weighted by Gasteiger charge is 2.21. The molecule has 160 valence electrons. The Bertz CT molecular complexity index is 872. The van der Waals surface area contributed by atoms with Crippen LogP contribution < -0.4 is 0 Å². The Hall–Kier alpha value is -2.40. The lowest BCUT2D eigenvalue weighted by Gasteiger charge is -2.34. The third-order valence-corrected chi connectivity index (χ3v) is 6.71. The van der Waals surface area contributed by atoms with Crippen molar-refractivity contribution in [1.29, 1.82) is 0 Å². The first-order chi connectivity index (χ1) is 14.6. The molecular formula is C25H34N4O. The summed E-state index contributed by atoms with van der Waals surface area (Å²) in [6.45, 7) is 8.72. The first-order valence-corrected chi connectivity index (χ1v) is 11.4. The summed E-state index contributed by atoms with van der Waals surface area (Å²) in [7, 11) is 0. The molecule has 4 rings (SSSR count). The molecule has 3 heterocycles. The summed E-state index contributed by atoms with van der Waals surface area (Å²) in [6, 6.07) is 6.99. The predicted molar refractivity (Wildman–Crippen MR) is 121 cm³/mol. The van der Waals surface area contributed by atoms with Gasteiger partial charge in [-0.2, -0.15) is 0 Å². The molecule has 5 heteroatoms. The van der Waals surface area contributed by atoms with E-state index in [1.165, 1.54) is 54.6 Å². The number of carbonyl (C=O) groups excluding carboxylic acids is 1. The van der Waals surface area contributed by atoms with Crippen LogP contribution in [0.5, 0.6) is 0 Å². The van der Waals surface area contributed by atoms with Gasteiger partial charge in [0.2, 0.25) is 5.91 Å². The van der Waals surface area contributed by atoms with Crippen LogP contribution in [-0.4, -0.2) is 51.4 Å². The fourth-order valence-electron chi connectivity index (χ4n) is 5.01. The molecule has 2 fully saturated rings. The van der Waals surface area contributed by atoms with Gasteiger partial charge in [0.05, 0.1) is 0 Å². The molecule has 0 N–H and O–H groups in total. The van der Waals surface area contributed by atoms with Gasteiger partial charge in [0.15, 0.2) is 0 Å². The van der Waals surface area contributed by atoms with E-state index in [2.05, 4.69) is 46.5 Å². The molecular weight excluding hydrogens is 372 g/mol. The van der Waals surface area contributed by atoms with Crippen LogP contribution in [0.25, 0.3) is 6.08 Å². The van der Waals surface area contributed by atoms with Crippen LogP contribution in [-0.2, 0) is 11.3 Å². The Balaban J connectivity index is 1.33. The van der Waals surface area contributed by atoms with E-state index in [1.54, 1.807) is 6.08 Å². The SMILES string of the molecule is Cc1cc(/C=C/C(=O)N2CCN(Cc3ccncc3)CC2)c(C)n1C1CCCCC1. The van der Waals surface area contributed by atoms with E-state index in [-0.39, 0.29) is 5.91 Å². The topological polar surface area (TPSA) is 41.4 Å². The molecule has 0 aromatic carbocycles. The quantitative estimate of drug-likeness (QED) is 0.693. The molecule has 0 radical (unpaired) electrons. The van der Waals surface area contributed by atoms with Gasteiger partial charge in [-0.15, -0.1) is 0 Å². The average Bonchev–Trinajstić information content (AvgIpc) is 3.07. The van der Waals surface area contributed by atoms with Crippen molar-refractivity contribution >= 4 is 12.0 Å². The molecule has 0 unspecified atom stereocenters. The summed E-state index contributed by atoms with van der Waals surface area (Å²) in [5.74, 6) is 0.126. The molecule has 0 atom stereocenters. The molecule has 1 aliphatic carbocycles. The largest absolute Gasteiger partial charge is 0.346 e. The lowest BCUT2D eigenvalue weighted by atomic mass is 9.95. The molecule has 30 heavy (non-hydrogen) atoms. The fourth-order valence-corrected chi connectivity index (χ4v) is 5.01. The molecule has 5 nitrogen and oxygen atoms in total. The van der Waals surface area contributed by atoms with Crippen molar-refractivity contribution in [2.24, 2.45) is 0 Å². The average molecular weight is 407 g/mol. The van der Waals surface area contributed by atoms with Gasteiger partial charge in [0, 0.05) is 68.6 Å². The number of amides is 1.